The van der Waals surface area contributed by atoms with Gasteiger partial charge < -0.3 is 26.2 Å². The molecule has 0 rings (SSSR count). The summed E-state index contributed by atoms with van der Waals surface area (Å²) in [5.74, 6) is -1.97. The number of aliphatic hydroxyl groups is 4. The summed E-state index contributed by atoms with van der Waals surface area (Å²) < 4.78 is 0. The highest BCUT2D eigenvalue weighted by Gasteiger charge is 2.44. The molecule has 5 nitrogen and oxygen atoms in total. The van der Waals surface area contributed by atoms with Gasteiger partial charge >= 0.3 is 0 Å². The van der Waals surface area contributed by atoms with Crippen LogP contribution >= 0.6 is 0 Å². The van der Waals surface area contributed by atoms with Gasteiger partial charge in [0.25, 0.3) is 0 Å². The third-order valence-electron chi connectivity index (χ3n) is 6.37. The van der Waals surface area contributed by atoms with Crippen molar-refractivity contribution in [1.29, 1.82) is 0 Å². The molecule has 0 fully saturated rings. The maximum absolute atomic E-state index is 10.2. The monoisotopic (exact) mass is 417 g/mol. The minimum Gasteiger partial charge on any atom is -0.368 e. The SMILES string of the molecule is CCCCCCCCCCCCCCCCCC(N)(CCC(O)O)C(O)(O)CC. The van der Waals surface area contributed by atoms with Crippen molar-refractivity contribution in [2.24, 2.45) is 5.73 Å². The van der Waals surface area contributed by atoms with Crippen LogP contribution in [0.4, 0.5) is 0 Å². The van der Waals surface area contributed by atoms with Crippen LogP contribution in [-0.4, -0.2) is 38.0 Å². The van der Waals surface area contributed by atoms with Gasteiger partial charge in [-0.05, 0) is 19.3 Å². The summed E-state index contributed by atoms with van der Waals surface area (Å²) in [6.07, 6.45) is 18.6. The number of hydrogen-bond donors (Lipinski definition) is 5. The molecule has 0 aliphatic heterocycles. The molecule has 1 atom stereocenters. The normalized spacial score (nSPS) is 14.5. The van der Waals surface area contributed by atoms with Gasteiger partial charge in [-0.1, -0.05) is 110 Å². The molecule has 0 bridgehead atoms. The molecule has 0 spiro atoms. The van der Waals surface area contributed by atoms with Crippen LogP contribution in [0.1, 0.15) is 136 Å². The van der Waals surface area contributed by atoms with Gasteiger partial charge in [0.1, 0.15) is 0 Å². The molecule has 0 aromatic rings. The van der Waals surface area contributed by atoms with Crippen molar-refractivity contribution < 1.29 is 20.4 Å². The Morgan fingerprint density at radius 2 is 1.00 bits per heavy atom. The molecule has 0 radical (unpaired) electrons. The Balaban J connectivity index is 3.70. The van der Waals surface area contributed by atoms with Gasteiger partial charge in [-0.15, -0.1) is 0 Å². The number of unbranched alkanes of at least 4 members (excludes halogenated alkanes) is 14. The van der Waals surface area contributed by atoms with Crippen molar-refractivity contribution in [3.8, 4) is 0 Å². The molecule has 0 aliphatic carbocycles. The first kappa shape index (κ1) is 28.8. The summed E-state index contributed by atoms with van der Waals surface area (Å²) in [6, 6.07) is 0. The molecule has 5 heteroatoms. The van der Waals surface area contributed by atoms with Crippen LogP contribution in [-0.2, 0) is 0 Å². The quantitative estimate of drug-likeness (QED) is 0.131. The van der Waals surface area contributed by atoms with Gasteiger partial charge in [0.15, 0.2) is 12.1 Å². The average molecular weight is 418 g/mol. The molecule has 29 heavy (non-hydrogen) atoms. The fourth-order valence-corrected chi connectivity index (χ4v) is 4.08. The average Bonchev–Trinajstić information content (AvgIpc) is 2.69. The van der Waals surface area contributed by atoms with E-state index in [1.165, 1.54) is 77.0 Å². The van der Waals surface area contributed by atoms with E-state index >= 15 is 0 Å². The predicted molar refractivity (Wildman–Crippen MR) is 121 cm³/mol. The van der Waals surface area contributed by atoms with Crippen LogP contribution in [0.5, 0.6) is 0 Å². The fraction of sp³-hybridized carbons (Fsp3) is 1.00. The Morgan fingerprint density at radius 1 is 0.621 bits per heavy atom. The van der Waals surface area contributed by atoms with E-state index in [0.29, 0.717) is 6.42 Å². The number of hydrogen-bond acceptors (Lipinski definition) is 5. The van der Waals surface area contributed by atoms with Gasteiger partial charge in [-0.2, -0.15) is 0 Å². The van der Waals surface area contributed by atoms with E-state index in [2.05, 4.69) is 6.92 Å². The maximum atomic E-state index is 10.2. The molecule has 0 aromatic carbocycles. The smallest absolute Gasteiger partial charge is 0.180 e. The molecular weight excluding hydrogens is 366 g/mol. The molecule has 0 aromatic heterocycles. The third kappa shape index (κ3) is 14.4. The highest BCUT2D eigenvalue weighted by Crippen LogP contribution is 2.31. The van der Waals surface area contributed by atoms with E-state index in [4.69, 9.17) is 15.9 Å². The van der Waals surface area contributed by atoms with Crippen molar-refractivity contribution in [1.82, 2.24) is 0 Å². The highest BCUT2D eigenvalue weighted by molar-refractivity contribution is 4.96. The van der Waals surface area contributed by atoms with Crippen LogP contribution in [0.3, 0.4) is 0 Å². The van der Waals surface area contributed by atoms with Crippen molar-refractivity contribution in [3.05, 3.63) is 0 Å². The van der Waals surface area contributed by atoms with Gasteiger partial charge in [0, 0.05) is 6.42 Å². The fourth-order valence-electron chi connectivity index (χ4n) is 4.08. The second kappa shape index (κ2) is 17.5. The number of nitrogens with two attached hydrogens (primary N) is 1. The molecule has 0 heterocycles. The zero-order valence-electron chi connectivity index (χ0n) is 19.4. The second-order valence-corrected chi connectivity index (χ2v) is 9.05. The van der Waals surface area contributed by atoms with Crippen molar-refractivity contribution in [2.75, 3.05) is 0 Å². The van der Waals surface area contributed by atoms with E-state index in [-0.39, 0.29) is 19.3 Å². The Hall–Kier alpha value is -0.200. The minimum absolute atomic E-state index is 0.0537. The second-order valence-electron chi connectivity index (χ2n) is 9.05. The van der Waals surface area contributed by atoms with Gasteiger partial charge in [0.2, 0.25) is 0 Å². The summed E-state index contributed by atoms with van der Waals surface area (Å²) in [5.41, 5.74) is 5.07. The molecule has 0 saturated carbocycles. The topological polar surface area (TPSA) is 107 Å². The Labute approximate surface area is 180 Å². The number of aliphatic hydroxyl groups excluding tert-OH is 1. The first-order valence-corrected chi connectivity index (χ1v) is 12.4. The summed E-state index contributed by atoms with van der Waals surface area (Å²) >= 11 is 0. The van der Waals surface area contributed by atoms with Crippen LogP contribution in [0.25, 0.3) is 0 Å². The predicted octanol–water partition coefficient (Wildman–Crippen LogP) is 5.13. The first-order chi connectivity index (χ1) is 13.8. The van der Waals surface area contributed by atoms with Crippen LogP contribution in [0, 0.1) is 0 Å². The molecule has 0 amide bonds. The van der Waals surface area contributed by atoms with Gasteiger partial charge in [-0.25, -0.2) is 0 Å². The summed E-state index contributed by atoms with van der Waals surface area (Å²) in [7, 11) is 0. The summed E-state index contributed by atoms with van der Waals surface area (Å²) in [6.45, 7) is 3.95. The lowest BCUT2D eigenvalue weighted by Gasteiger charge is -2.41. The molecule has 0 aliphatic rings. The Morgan fingerprint density at radius 3 is 1.34 bits per heavy atom. The lowest BCUT2D eigenvalue weighted by molar-refractivity contribution is -0.218. The zero-order chi connectivity index (χ0) is 22.0. The molecule has 1 unspecified atom stereocenters. The third-order valence-corrected chi connectivity index (χ3v) is 6.37. The van der Waals surface area contributed by atoms with Crippen LogP contribution in [0.2, 0.25) is 0 Å². The first-order valence-electron chi connectivity index (χ1n) is 12.4. The standard InChI is InChI=1S/C24H51NO4/c1-3-5-6-7-8-9-10-11-12-13-14-15-16-17-18-20-23(25,21-19-22(26)27)24(28,29)4-2/h22,26-29H,3-21,25H2,1-2H3. The van der Waals surface area contributed by atoms with E-state index in [0.717, 1.165) is 19.3 Å². The Bertz CT molecular complexity index is 363. The van der Waals surface area contributed by atoms with Gasteiger partial charge in [0.05, 0.1) is 5.54 Å². The molecule has 176 valence electrons. The molecular formula is C24H51NO4. The summed E-state index contributed by atoms with van der Waals surface area (Å²) in [4.78, 5) is 0. The number of rotatable bonds is 21. The zero-order valence-corrected chi connectivity index (χ0v) is 19.4. The lowest BCUT2D eigenvalue weighted by Crippen LogP contribution is -2.60. The van der Waals surface area contributed by atoms with Crippen LogP contribution < -0.4 is 5.73 Å². The van der Waals surface area contributed by atoms with Crippen molar-refractivity contribution >= 4 is 0 Å². The van der Waals surface area contributed by atoms with E-state index in [1.54, 1.807) is 6.92 Å². The lowest BCUT2D eigenvalue weighted by atomic mass is 9.79. The highest BCUT2D eigenvalue weighted by atomic mass is 16.5. The van der Waals surface area contributed by atoms with Crippen LogP contribution in [0.15, 0.2) is 0 Å². The van der Waals surface area contributed by atoms with Gasteiger partial charge in [-0.3, -0.25) is 0 Å². The van der Waals surface area contributed by atoms with Crippen molar-refractivity contribution in [2.45, 2.75) is 153 Å². The van der Waals surface area contributed by atoms with E-state index in [1.807, 2.05) is 0 Å². The van der Waals surface area contributed by atoms with E-state index in [9.17, 15) is 10.2 Å². The largest absolute Gasteiger partial charge is 0.368 e. The Kier molecular flexibility index (Phi) is 17.4. The van der Waals surface area contributed by atoms with Crippen molar-refractivity contribution in [3.63, 3.8) is 0 Å². The summed E-state index contributed by atoms with van der Waals surface area (Å²) in [5, 5.41) is 38.7. The minimum atomic E-state index is -1.97. The molecule has 6 N–H and O–H groups in total. The van der Waals surface area contributed by atoms with E-state index < -0.39 is 17.6 Å². The maximum Gasteiger partial charge on any atom is 0.180 e. The molecule has 0 saturated heterocycles.